The lowest BCUT2D eigenvalue weighted by atomic mass is 9.81. The van der Waals surface area contributed by atoms with Crippen LogP contribution in [0.2, 0.25) is 0 Å². The van der Waals surface area contributed by atoms with Crippen LogP contribution in [0.15, 0.2) is 24.5 Å². The van der Waals surface area contributed by atoms with Crippen molar-refractivity contribution in [3.8, 4) is 0 Å². The molecule has 0 amide bonds. The molecule has 1 fully saturated rings. The molecule has 2 rings (SSSR count). The van der Waals surface area contributed by atoms with Gasteiger partial charge in [0, 0.05) is 18.9 Å². The molecule has 0 radical (unpaired) electrons. The van der Waals surface area contributed by atoms with E-state index in [1.54, 1.807) is 0 Å². The molecule has 0 N–H and O–H groups in total. The van der Waals surface area contributed by atoms with E-state index in [1.807, 2.05) is 12.4 Å². The average molecular weight is 267 g/mol. The fraction of sp³-hybridized carbons (Fsp3) is 0.667. The highest BCUT2D eigenvalue weighted by Gasteiger charge is 2.39. The van der Waals surface area contributed by atoms with Crippen LogP contribution in [-0.4, -0.2) is 30.5 Å². The quantitative estimate of drug-likeness (QED) is 0.613. The van der Waals surface area contributed by atoms with Crippen LogP contribution in [0, 0.1) is 5.92 Å². The van der Waals surface area contributed by atoms with Crippen molar-refractivity contribution < 1.29 is 0 Å². The van der Waals surface area contributed by atoms with Crippen LogP contribution in [0.5, 0.6) is 0 Å². The molecule has 1 heterocycles. The van der Waals surface area contributed by atoms with E-state index in [4.69, 9.17) is 11.6 Å². The van der Waals surface area contributed by atoms with Crippen molar-refractivity contribution in [2.45, 2.75) is 37.0 Å². The maximum Gasteiger partial charge on any atom is 0.0736 e. The Balaban J connectivity index is 2.28. The van der Waals surface area contributed by atoms with Crippen molar-refractivity contribution in [3.05, 3.63) is 30.1 Å². The van der Waals surface area contributed by atoms with Crippen LogP contribution in [0.25, 0.3) is 0 Å². The van der Waals surface area contributed by atoms with E-state index < -0.39 is 0 Å². The fourth-order valence-corrected chi connectivity index (χ4v) is 3.51. The van der Waals surface area contributed by atoms with Gasteiger partial charge in [-0.15, -0.1) is 11.6 Å². The molecule has 1 aromatic rings. The lowest BCUT2D eigenvalue weighted by molar-refractivity contribution is 0.254. The minimum atomic E-state index is -0.205. The summed E-state index contributed by atoms with van der Waals surface area (Å²) in [4.78, 5) is 6.17. The first-order valence-electron chi connectivity index (χ1n) is 6.87. The van der Waals surface area contributed by atoms with Crippen molar-refractivity contribution in [2.24, 2.45) is 5.92 Å². The third kappa shape index (κ3) is 3.04. The second-order valence-electron chi connectivity index (χ2n) is 5.66. The van der Waals surface area contributed by atoms with Gasteiger partial charge in [0.15, 0.2) is 0 Å². The Bertz CT molecular complexity index is 366. The Labute approximate surface area is 115 Å². The van der Waals surface area contributed by atoms with Crippen molar-refractivity contribution in [1.29, 1.82) is 0 Å². The number of hydrogen-bond donors (Lipinski definition) is 0. The summed E-state index contributed by atoms with van der Waals surface area (Å²) in [5.41, 5.74) is 1.24. The number of hydrogen-bond acceptors (Lipinski definition) is 2. The highest BCUT2D eigenvalue weighted by molar-refractivity contribution is 6.24. The topological polar surface area (TPSA) is 16.1 Å². The second-order valence-corrected chi connectivity index (χ2v) is 6.33. The van der Waals surface area contributed by atoms with Gasteiger partial charge in [0.2, 0.25) is 0 Å². The van der Waals surface area contributed by atoms with Crippen LogP contribution < -0.4 is 0 Å². The van der Waals surface area contributed by atoms with Gasteiger partial charge < -0.3 is 4.90 Å². The molecule has 1 aliphatic rings. The van der Waals surface area contributed by atoms with Gasteiger partial charge in [-0.05, 0) is 50.6 Å². The standard InChI is InChI=1S/C15H23ClN2/c1-18(2)12-14-6-4-3-5-9-15(14,16)13-7-10-17-11-8-13/h7-8,10-11,14H,3-6,9,12H2,1-2H3. The summed E-state index contributed by atoms with van der Waals surface area (Å²) < 4.78 is 0. The minimum Gasteiger partial charge on any atom is -0.309 e. The van der Waals surface area contributed by atoms with Crippen molar-refractivity contribution in [1.82, 2.24) is 9.88 Å². The number of nitrogens with zero attached hydrogens (tertiary/aromatic N) is 2. The molecule has 18 heavy (non-hydrogen) atoms. The number of alkyl halides is 1. The van der Waals surface area contributed by atoms with E-state index >= 15 is 0 Å². The third-order valence-electron chi connectivity index (χ3n) is 3.99. The number of rotatable bonds is 3. The first kappa shape index (κ1) is 13.8. The van der Waals surface area contributed by atoms with E-state index in [0.29, 0.717) is 5.92 Å². The highest BCUT2D eigenvalue weighted by Crippen LogP contribution is 2.46. The molecule has 1 aromatic heterocycles. The summed E-state index contributed by atoms with van der Waals surface area (Å²) >= 11 is 7.06. The predicted molar refractivity (Wildman–Crippen MR) is 76.9 cm³/mol. The molecule has 0 saturated heterocycles. The number of pyridine rings is 1. The summed E-state index contributed by atoms with van der Waals surface area (Å²) in [6, 6.07) is 4.17. The Morgan fingerprint density at radius 3 is 2.67 bits per heavy atom. The normalized spacial score (nSPS) is 29.2. The van der Waals surface area contributed by atoms with Crippen molar-refractivity contribution >= 4 is 11.6 Å². The first-order valence-corrected chi connectivity index (χ1v) is 7.25. The van der Waals surface area contributed by atoms with Gasteiger partial charge in [0.1, 0.15) is 0 Å². The van der Waals surface area contributed by atoms with Gasteiger partial charge in [-0.25, -0.2) is 0 Å². The van der Waals surface area contributed by atoms with Crippen LogP contribution in [0.4, 0.5) is 0 Å². The van der Waals surface area contributed by atoms with Gasteiger partial charge in [-0.1, -0.05) is 19.3 Å². The van der Waals surface area contributed by atoms with E-state index in [0.717, 1.165) is 13.0 Å². The lowest BCUT2D eigenvalue weighted by Gasteiger charge is -2.36. The number of halogens is 1. The monoisotopic (exact) mass is 266 g/mol. The molecular weight excluding hydrogens is 244 g/mol. The fourth-order valence-electron chi connectivity index (χ4n) is 3.07. The SMILES string of the molecule is CN(C)CC1CCCCCC1(Cl)c1ccncc1. The van der Waals surface area contributed by atoms with Crippen LogP contribution in [-0.2, 0) is 4.87 Å². The zero-order chi connectivity index (χ0) is 13.0. The van der Waals surface area contributed by atoms with E-state index in [-0.39, 0.29) is 4.87 Å². The van der Waals surface area contributed by atoms with Gasteiger partial charge in [0.25, 0.3) is 0 Å². The molecule has 0 bridgehead atoms. The van der Waals surface area contributed by atoms with Crippen molar-refractivity contribution in [3.63, 3.8) is 0 Å². The van der Waals surface area contributed by atoms with E-state index in [2.05, 4.69) is 36.1 Å². The molecule has 0 aromatic carbocycles. The van der Waals surface area contributed by atoms with Crippen LogP contribution >= 0.6 is 11.6 Å². The summed E-state index contributed by atoms with van der Waals surface area (Å²) in [6.07, 6.45) is 9.87. The van der Waals surface area contributed by atoms with Crippen LogP contribution in [0.1, 0.15) is 37.7 Å². The Morgan fingerprint density at radius 2 is 2.00 bits per heavy atom. The Kier molecular flexibility index (Phi) is 4.63. The predicted octanol–water partition coefficient (Wildman–Crippen LogP) is 3.66. The minimum absolute atomic E-state index is 0.205. The van der Waals surface area contributed by atoms with E-state index in [9.17, 15) is 0 Å². The molecule has 1 saturated carbocycles. The maximum absolute atomic E-state index is 7.06. The molecular formula is C15H23ClN2. The van der Waals surface area contributed by atoms with Crippen LogP contribution in [0.3, 0.4) is 0 Å². The smallest absolute Gasteiger partial charge is 0.0736 e. The summed E-state index contributed by atoms with van der Waals surface area (Å²) in [6.45, 7) is 1.06. The second kappa shape index (κ2) is 6.03. The molecule has 0 spiro atoms. The van der Waals surface area contributed by atoms with E-state index in [1.165, 1.54) is 31.2 Å². The first-order chi connectivity index (χ1) is 8.63. The molecule has 1 aliphatic carbocycles. The molecule has 3 heteroatoms. The molecule has 2 atom stereocenters. The van der Waals surface area contributed by atoms with Crippen molar-refractivity contribution in [2.75, 3.05) is 20.6 Å². The summed E-state index contributed by atoms with van der Waals surface area (Å²) in [5.74, 6) is 0.527. The number of aromatic nitrogens is 1. The van der Waals surface area contributed by atoms with Gasteiger partial charge >= 0.3 is 0 Å². The van der Waals surface area contributed by atoms with Gasteiger partial charge in [-0.3, -0.25) is 4.98 Å². The van der Waals surface area contributed by atoms with Gasteiger partial charge in [0.05, 0.1) is 4.87 Å². The zero-order valence-corrected chi connectivity index (χ0v) is 12.2. The third-order valence-corrected chi connectivity index (χ3v) is 4.70. The molecule has 0 aliphatic heterocycles. The molecule has 2 nitrogen and oxygen atoms in total. The Morgan fingerprint density at radius 1 is 1.28 bits per heavy atom. The largest absolute Gasteiger partial charge is 0.309 e. The Hall–Kier alpha value is -0.600. The van der Waals surface area contributed by atoms with Gasteiger partial charge in [-0.2, -0.15) is 0 Å². The zero-order valence-electron chi connectivity index (χ0n) is 11.4. The molecule has 2 unspecified atom stereocenters. The summed E-state index contributed by atoms with van der Waals surface area (Å²) in [5, 5.41) is 0. The average Bonchev–Trinajstić information content (AvgIpc) is 2.54. The summed E-state index contributed by atoms with van der Waals surface area (Å²) in [7, 11) is 4.27. The highest BCUT2D eigenvalue weighted by atomic mass is 35.5. The lowest BCUT2D eigenvalue weighted by Crippen LogP contribution is -2.36. The molecule has 100 valence electrons. The maximum atomic E-state index is 7.06.